The highest BCUT2D eigenvalue weighted by atomic mass is 35.5. The molecule has 0 aliphatic heterocycles. The first-order valence-electron chi connectivity index (χ1n) is 2.96. The number of benzene rings is 1. The highest BCUT2D eigenvalue weighted by molar-refractivity contribution is 7.71. The fourth-order valence-corrected chi connectivity index (χ4v) is 1.43. The Morgan fingerprint density at radius 2 is 2.27 bits per heavy atom. The van der Waals surface area contributed by atoms with Gasteiger partial charge in [0.05, 0.1) is 5.75 Å². The van der Waals surface area contributed by atoms with Gasteiger partial charge in [0.2, 0.25) is 0 Å². The minimum Gasteiger partial charge on any atom is -0.232 e. The standard InChI is InChI=1S/C7H6ClO2S/c8-7-3-1-2-6(4-7)5-11(9)10/h1-2,4,11H,5H2. The maximum atomic E-state index is 10.3. The minimum atomic E-state index is -2.36. The summed E-state index contributed by atoms with van der Waals surface area (Å²) in [7, 11) is -2.36. The molecule has 1 aromatic rings. The van der Waals surface area contributed by atoms with Crippen molar-refractivity contribution in [2.24, 2.45) is 0 Å². The smallest absolute Gasteiger partial charge is 0.144 e. The second kappa shape index (κ2) is 3.74. The molecule has 1 aromatic carbocycles. The number of hydrogen-bond donors (Lipinski definition) is 1. The Bertz CT molecular complexity index is 312. The quantitative estimate of drug-likeness (QED) is 0.711. The first kappa shape index (κ1) is 8.56. The summed E-state index contributed by atoms with van der Waals surface area (Å²) >= 11 is 5.58. The van der Waals surface area contributed by atoms with Crippen molar-refractivity contribution in [3.63, 3.8) is 0 Å². The van der Waals surface area contributed by atoms with E-state index in [1.807, 2.05) is 0 Å². The Labute approximate surface area is 71.8 Å². The predicted molar refractivity (Wildman–Crippen MR) is 44.3 cm³/mol. The van der Waals surface area contributed by atoms with Crippen LogP contribution in [-0.2, 0) is 16.5 Å². The SMILES string of the molecule is O=[SH](=O)Cc1cc[c]c(Cl)c1. The normalized spacial score (nSPS) is 10.4. The molecule has 0 heterocycles. The molecule has 0 spiro atoms. The summed E-state index contributed by atoms with van der Waals surface area (Å²) in [5.74, 6) is 0.0454. The van der Waals surface area contributed by atoms with Gasteiger partial charge in [-0.15, -0.1) is 0 Å². The molecule has 0 bridgehead atoms. The van der Waals surface area contributed by atoms with Gasteiger partial charge in [0.15, 0.2) is 0 Å². The van der Waals surface area contributed by atoms with Gasteiger partial charge in [-0.3, -0.25) is 0 Å². The van der Waals surface area contributed by atoms with Gasteiger partial charge in [-0.05, 0) is 11.6 Å². The zero-order valence-electron chi connectivity index (χ0n) is 5.58. The first-order chi connectivity index (χ1) is 5.18. The van der Waals surface area contributed by atoms with Crippen molar-refractivity contribution in [2.45, 2.75) is 5.75 Å². The van der Waals surface area contributed by atoms with Crippen molar-refractivity contribution >= 4 is 22.3 Å². The largest absolute Gasteiger partial charge is 0.232 e. The molecule has 0 unspecified atom stereocenters. The van der Waals surface area contributed by atoms with Crippen LogP contribution in [0.4, 0.5) is 0 Å². The zero-order chi connectivity index (χ0) is 8.27. The monoisotopic (exact) mass is 189 g/mol. The highest BCUT2D eigenvalue weighted by Gasteiger charge is 1.94. The summed E-state index contributed by atoms with van der Waals surface area (Å²) in [6.45, 7) is 0. The van der Waals surface area contributed by atoms with E-state index in [0.717, 1.165) is 0 Å². The van der Waals surface area contributed by atoms with E-state index < -0.39 is 10.7 Å². The third-order valence-electron chi connectivity index (χ3n) is 1.14. The molecule has 1 rings (SSSR count). The van der Waals surface area contributed by atoms with Crippen LogP contribution < -0.4 is 0 Å². The van der Waals surface area contributed by atoms with Crippen molar-refractivity contribution in [1.29, 1.82) is 0 Å². The van der Waals surface area contributed by atoms with Crippen molar-refractivity contribution in [3.05, 3.63) is 34.9 Å². The van der Waals surface area contributed by atoms with Crippen LogP contribution in [-0.4, -0.2) is 8.42 Å². The maximum absolute atomic E-state index is 10.3. The molecule has 2 nitrogen and oxygen atoms in total. The van der Waals surface area contributed by atoms with Crippen molar-refractivity contribution in [1.82, 2.24) is 0 Å². The van der Waals surface area contributed by atoms with Gasteiger partial charge >= 0.3 is 0 Å². The lowest BCUT2D eigenvalue weighted by atomic mass is 10.2. The molecule has 1 radical (unpaired) electrons. The van der Waals surface area contributed by atoms with E-state index in [9.17, 15) is 8.42 Å². The van der Waals surface area contributed by atoms with Crippen LogP contribution in [0.2, 0.25) is 5.02 Å². The fourth-order valence-electron chi connectivity index (χ4n) is 0.728. The first-order valence-corrected chi connectivity index (χ1v) is 4.70. The third kappa shape index (κ3) is 2.91. The van der Waals surface area contributed by atoms with Crippen molar-refractivity contribution in [2.75, 3.05) is 0 Å². The summed E-state index contributed by atoms with van der Waals surface area (Å²) in [5.41, 5.74) is 0.699. The van der Waals surface area contributed by atoms with Crippen LogP contribution >= 0.6 is 11.6 Å². The number of thiol groups is 1. The van der Waals surface area contributed by atoms with E-state index in [4.69, 9.17) is 11.6 Å². The van der Waals surface area contributed by atoms with Gasteiger partial charge in [-0.25, -0.2) is 8.42 Å². The molecular weight excluding hydrogens is 184 g/mol. The van der Waals surface area contributed by atoms with Gasteiger partial charge in [0, 0.05) is 11.1 Å². The van der Waals surface area contributed by atoms with Gasteiger partial charge in [-0.2, -0.15) is 0 Å². The van der Waals surface area contributed by atoms with Gasteiger partial charge in [0.25, 0.3) is 0 Å². The van der Waals surface area contributed by atoms with Crippen LogP contribution in [0.25, 0.3) is 0 Å². The van der Waals surface area contributed by atoms with Gasteiger partial charge in [-0.1, -0.05) is 23.7 Å². The maximum Gasteiger partial charge on any atom is 0.144 e. The van der Waals surface area contributed by atoms with Crippen LogP contribution in [0, 0.1) is 6.07 Å². The van der Waals surface area contributed by atoms with E-state index in [1.54, 1.807) is 18.2 Å². The Morgan fingerprint density at radius 3 is 2.82 bits per heavy atom. The Morgan fingerprint density at radius 1 is 1.55 bits per heavy atom. The van der Waals surface area contributed by atoms with Gasteiger partial charge in [0.1, 0.15) is 10.7 Å². The average molecular weight is 190 g/mol. The van der Waals surface area contributed by atoms with Crippen molar-refractivity contribution < 1.29 is 8.42 Å². The molecule has 0 saturated carbocycles. The molecule has 59 valence electrons. The molecule has 0 amide bonds. The summed E-state index contributed by atoms with van der Waals surface area (Å²) in [5, 5.41) is 0.444. The lowest BCUT2D eigenvalue weighted by Crippen LogP contribution is -1.85. The Kier molecular flexibility index (Phi) is 2.91. The second-order valence-corrected chi connectivity index (χ2v) is 3.42. The summed E-state index contributed by atoms with van der Waals surface area (Å²) in [4.78, 5) is 0. The summed E-state index contributed by atoms with van der Waals surface area (Å²) in [6.07, 6.45) is 0. The molecular formula is C7H6ClO2S. The van der Waals surface area contributed by atoms with Gasteiger partial charge < -0.3 is 0 Å². The predicted octanol–water partition coefficient (Wildman–Crippen LogP) is 1.25. The lowest BCUT2D eigenvalue weighted by Gasteiger charge is -1.93. The molecule has 0 N–H and O–H groups in total. The molecule has 11 heavy (non-hydrogen) atoms. The highest BCUT2D eigenvalue weighted by Crippen LogP contribution is 2.10. The fraction of sp³-hybridized carbons (Fsp3) is 0.143. The van der Waals surface area contributed by atoms with Crippen LogP contribution in [0.1, 0.15) is 5.56 Å². The van der Waals surface area contributed by atoms with Crippen LogP contribution in [0.5, 0.6) is 0 Å². The molecule has 0 atom stereocenters. The number of rotatable bonds is 2. The van der Waals surface area contributed by atoms with Crippen molar-refractivity contribution in [3.8, 4) is 0 Å². The van der Waals surface area contributed by atoms with E-state index in [0.29, 0.717) is 10.6 Å². The summed E-state index contributed by atoms with van der Waals surface area (Å²) < 4.78 is 20.5. The van der Waals surface area contributed by atoms with E-state index in [-0.39, 0.29) is 5.75 Å². The molecule has 0 fully saturated rings. The average Bonchev–Trinajstić information content (AvgIpc) is 1.85. The number of hydrogen-bond acceptors (Lipinski definition) is 2. The van der Waals surface area contributed by atoms with Crippen LogP contribution in [0.15, 0.2) is 18.2 Å². The summed E-state index contributed by atoms with van der Waals surface area (Å²) in [6, 6.07) is 7.59. The molecule has 4 heteroatoms. The second-order valence-electron chi connectivity index (χ2n) is 2.04. The van der Waals surface area contributed by atoms with E-state index >= 15 is 0 Å². The van der Waals surface area contributed by atoms with Crippen LogP contribution in [0.3, 0.4) is 0 Å². The zero-order valence-corrected chi connectivity index (χ0v) is 7.23. The molecule has 0 aliphatic rings. The lowest BCUT2D eigenvalue weighted by molar-refractivity contribution is 0.614. The Hall–Kier alpha value is -0.540. The van der Waals surface area contributed by atoms with E-state index in [2.05, 4.69) is 6.07 Å². The minimum absolute atomic E-state index is 0.0454. The third-order valence-corrected chi connectivity index (χ3v) is 1.98. The topological polar surface area (TPSA) is 34.1 Å². The van der Waals surface area contributed by atoms with E-state index in [1.165, 1.54) is 0 Å². The Balaban J connectivity index is 2.87. The molecule has 0 saturated heterocycles. The molecule has 0 aromatic heterocycles. The molecule has 0 aliphatic carbocycles. The number of halogens is 1.